The van der Waals surface area contributed by atoms with Crippen molar-refractivity contribution in [2.45, 2.75) is 37.4 Å². The van der Waals surface area contributed by atoms with E-state index in [0.29, 0.717) is 11.4 Å². The van der Waals surface area contributed by atoms with E-state index in [2.05, 4.69) is 25.9 Å². The second-order valence-electron chi connectivity index (χ2n) is 6.58. The topological polar surface area (TPSA) is 222 Å². The standard InChI is InChI=1S/C17H27N7O6S/c1-31-3-2-11(17(29)30)23-14(26)7-21-16(28)12(5-13(19)25)24-15(27)10(18)4-9-6-20-8-22-9/h6,8,10-12H,2-5,7,18H2,1H3,(H2,19,25)(H,20,22)(H,21,28)(H,23,26)(H,24,27)(H,29,30). The van der Waals surface area contributed by atoms with E-state index in [1.807, 2.05) is 0 Å². The summed E-state index contributed by atoms with van der Waals surface area (Å²) in [6.45, 7) is -0.548. The minimum Gasteiger partial charge on any atom is -0.480 e. The van der Waals surface area contributed by atoms with Gasteiger partial charge in [-0.05, 0) is 18.4 Å². The van der Waals surface area contributed by atoms with Gasteiger partial charge in [0.1, 0.15) is 12.1 Å². The van der Waals surface area contributed by atoms with Crippen LogP contribution < -0.4 is 27.4 Å². The Labute approximate surface area is 182 Å². The van der Waals surface area contributed by atoms with Gasteiger partial charge in [0.05, 0.1) is 25.3 Å². The summed E-state index contributed by atoms with van der Waals surface area (Å²) in [6.07, 6.45) is 4.53. The summed E-state index contributed by atoms with van der Waals surface area (Å²) in [6, 6.07) is -3.48. The lowest BCUT2D eigenvalue weighted by Gasteiger charge is -2.20. The highest BCUT2D eigenvalue weighted by molar-refractivity contribution is 7.98. The first-order chi connectivity index (χ1) is 14.6. The fraction of sp³-hybridized carbons (Fsp3) is 0.529. The van der Waals surface area contributed by atoms with E-state index in [4.69, 9.17) is 16.6 Å². The molecule has 0 aromatic carbocycles. The molecule has 1 aromatic rings. The third kappa shape index (κ3) is 9.95. The van der Waals surface area contributed by atoms with Crippen LogP contribution in [0.5, 0.6) is 0 Å². The number of hydrogen-bond donors (Lipinski definition) is 7. The smallest absolute Gasteiger partial charge is 0.326 e. The maximum atomic E-state index is 12.4. The molecule has 1 aromatic heterocycles. The number of hydrogen-bond acceptors (Lipinski definition) is 8. The SMILES string of the molecule is CSCCC(NC(=O)CNC(=O)C(CC(N)=O)NC(=O)C(N)Cc1cnc[nH]1)C(=O)O. The van der Waals surface area contributed by atoms with Gasteiger partial charge >= 0.3 is 5.97 Å². The quantitative estimate of drug-likeness (QED) is 0.152. The van der Waals surface area contributed by atoms with Crippen molar-refractivity contribution in [1.82, 2.24) is 25.9 Å². The first kappa shape index (κ1) is 25.9. The van der Waals surface area contributed by atoms with Crippen LogP contribution in [0.2, 0.25) is 0 Å². The zero-order chi connectivity index (χ0) is 23.4. The molecule has 0 fully saturated rings. The van der Waals surface area contributed by atoms with Gasteiger partial charge in [-0.25, -0.2) is 9.78 Å². The number of nitrogens with zero attached hydrogens (tertiary/aromatic N) is 1. The Morgan fingerprint density at radius 1 is 1.19 bits per heavy atom. The summed E-state index contributed by atoms with van der Waals surface area (Å²) in [5.74, 6) is -3.80. The van der Waals surface area contributed by atoms with Crippen molar-refractivity contribution in [1.29, 1.82) is 0 Å². The maximum absolute atomic E-state index is 12.4. The van der Waals surface area contributed by atoms with Crippen LogP contribution >= 0.6 is 11.8 Å². The van der Waals surface area contributed by atoms with Gasteiger partial charge in [0.15, 0.2) is 0 Å². The van der Waals surface area contributed by atoms with Crippen LogP contribution in [-0.2, 0) is 30.4 Å². The van der Waals surface area contributed by atoms with Gasteiger partial charge in [-0.2, -0.15) is 11.8 Å². The zero-order valence-electron chi connectivity index (χ0n) is 16.9. The van der Waals surface area contributed by atoms with Gasteiger partial charge in [-0.3, -0.25) is 19.2 Å². The Morgan fingerprint density at radius 3 is 2.45 bits per heavy atom. The predicted octanol–water partition coefficient (Wildman–Crippen LogP) is -2.92. The van der Waals surface area contributed by atoms with Gasteiger partial charge in [0.25, 0.3) is 0 Å². The number of H-pyrrole nitrogens is 1. The Balaban J connectivity index is 2.62. The predicted molar refractivity (Wildman–Crippen MR) is 112 cm³/mol. The van der Waals surface area contributed by atoms with Crippen molar-refractivity contribution < 1.29 is 29.1 Å². The summed E-state index contributed by atoms with van der Waals surface area (Å²) in [5, 5.41) is 16.0. The summed E-state index contributed by atoms with van der Waals surface area (Å²) in [7, 11) is 0. The number of rotatable bonds is 14. The number of nitrogens with two attached hydrogens (primary N) is 2. The van der Waals surface area contributed by atoms with E-state index in [0.717, 1.165) is 0 Å². The van der Waals surface area contributed by atoms with Crippen molar-refractivity contribution in [3.63, 3.8) is 0 Å². The molecule has 1 rings (SSSR count). The first-order valence-electron chi connectivity index (χ1n) is 9.24. The van der Waals surface area contributed by atoms with Crippen LogP contribution in [0.15, 0.2) is 12.5 Å². The summed E-state index contributed by atoms with van der Waals surface area (Å²) < 4.78 is 0. The van der Waals surface area contributed by atoms with Crippen LogP contribution in [-0.4, -0.2) is 81.4 Å². The number of amides is 4. The van der Waals surface area contributed by atoms with E-state index in [1.54, 1.807) is 6.26 Å². The van der Waals surface area contributed by atoms with Crippen LogP contribution in [0.1, 0.15) is 18.5 Å². The second-order valence-corrected chi connectivity index (χ2v) is 7.56. The third-order valence-electron chi connectivity index (χ3n) is 4.04. The minimum atomic E-state index is -1.35. The van der Waals surface area contributed by atoms with Crippen molar-refractivity contribution in [2.75, 3.05) is 18.6 Å². The minimum absolute atomic E-state index is 0.117. The second kappa shape index (κ2) is 13.2. The molecule has 0 aliphatic heterocycles. The number of carbonyl (C=O) groups is 5. The molecule has 0 saturated heterocycles. The number of nitrogens with one attached hydrogen (secondary N) is 4. The summed E-state index contributed by atoms with van der Waals surface area (Å²) >= 11 is 1.43. The highest BCUT2D eigenvalue weighted by atomic mass is 32.2. The van der Waals surface area contributed by atoms with Crippen molar-refractivity contribution in [3.8, 4) is 0 Å². The van der Waals surface area contributed by atoms with E-state index in [1.165, 1.54) is 24.3 Å². The number of aromatic nitrogens is 2. The summed E-state index contributed by atoms with van der Waals surface area (Å²) in [4.78, 5) is 65.7. The van der Waals surface area contributed by atoms with Gasteiger partial charge in [-0.15, -0.1) is 0 Å². The van der Waals surface area contributed by atoms with E-state index >= 15 is 0 Å². The Morgan fingerprint density at radius 2 is 1.90 bits per heavy atom. The molecule has 0 bridgehead atoms. The molecule has 0 radical (unpaired) electrons. The number of primary amides is 1. The zero-order valence-corrected chi connectivity index (χ0v) is 17.7. The lowest BCUT2D eigenvalue weighted by Crippen LogP contribution is -2.54. The number of carboxylic acid groups (broad SMARTS) is 1. The van der Waals surface area contributed by atoms with Crippen LogP contribution in [0.25, 0.3) is 0 Å². The Hall–Kier alpha value is -3.13. The summed E-state index contributed by atoms with van der Waals surface area (Å²) in [5.41, 5.74) is 11.5. The Kier molecular flexibility index (Phi) is 11.1. The average Bonchev–Trinajstić information content (AvgIpc) is 3.21. The van der Waals surface area contributed by atoms with Crippen LogP contribution in [0, 0.1) is 0 Å². The van der Waals surface area contributed by atoms with Gasteiger partial charge in [0.2, 0.25) is 23.6 Å². The van der Waals surface area contributed by atoms with E-state index < -0.39 is 60.7 Å². The van der Waals surface area contributed by atoms with E-state index in [-0.39, 0.29) is 12.8 Å². The van der Waals surface area contributed by atoms with E-state index in [9.17, 15) is 24.0 Å². The normalized spacial score (nSPS) is 13.5. The average molecular weight is 458 g/mol. The lowest BCUT2D eigenvalue weighted by atomic mass is 10.1. The highest BCUT2D eigenvalue weighted by Gasteiger charge is 2.26. The van der Waals surface area contributed by atoms with Gasteiger partial charge < -0.3 is 37.5 Å². The molecule has 0 spiro atoms. The maximum Gasteiger partial charge on any atom is 0.326 e. The molecule has 1 heterocycles. The molecule has 4 amide bonds. The van der Waals surface area contributed by atoms with Gasteiger partial charge in [-0.1, -0.05) is 0 Å². The number of thioether (sulfide) groups is 1. The number of aromatic amines is 1. The molecule has 31 heavy (non-hydrogen) atoms. The molecule has 0 aliphatic carbocycles. The molecule has 0 saturated carbocycles. The lowest BCUT2D eigenvalue weighted by molar-refractivity contribution is -0.141. The van der Waals surface area contributed by atoms with Crippen molar-refractivity contribution in [2.24, 2.45) is 11.5 Å². The number of carbonyl (C=O) groups excluding carboxylic acids is 4. The molecule has 14 heteroatoms. The molecular weight excluding hydrogens is 430 g/mol. The molecular formula is C17H27N7O6S. The molecule has 172 valence electrons. The number of aliphatic carboxylic acids is 1. The van der Waals surface area contributed by atoms with Crippen LogP contribution in [0.3, 0.4) is 0 Å². The van der Waals surface area contributed by atoms with Crippen molar-refractivity contribution >= 4 is 41.4 Å². The fourth-order valence-corrected chi connectivity index (χ4v) is 2.92. The molecule has 13 nitrogen and oxygen atoms in total. The largest absolute Gasteiger partial charge is 0.480 e. The third-order valence-corrected chi connectivity index (χ3v) is 4.68. The highest BCUT2D eigenvalue weighted by Crippen LogP contribution is 2.01. The molecule has 3 atom stereocenters. The number of imidazole rings is 1. The molecule has 3 unspecified atom stereocenters. The monoisotopic (exact) mass is 457 g/mol. The Bertz CT molecular complexity index is 773. The first-order valence-corrected chi connectivity index (χ1v) is 10.6. The molecule has 9 N–H and O–H groups in total. The van der Waals surface area contributed by atoms with Crippen molar-refractivity contribution in [3.05, 3.63) is 18.2 Å². The van der Waals surface area contributed by atoms with Gasteiger partial charge in [0, 0.05) is 18.3 Å². The van der Waals surface area contributed by atoms with Crippen LogP contribution in [0.4, 0.5) is 0 Å². The fourth-order valence-electron chi connectivity index (χ4n) is 2.44. The number of carboxylic acids is 1. The molecule has 0 aliphatic rings.